The van der Waals surface area contributed by atoms with E-state index in [9.17, 15) is 0 Å². The predicted octanol–water partition coefficient (Wildman–Crippen LogP) is 8.54. The molecule has 0 unspecified atom stereocenters. The molecular weight excluding hydrogens is 509 g/mol. The maximum Gasteiger partial charge on any atom is 0.170 e. The van der Waals surface area contributed by atoms with Gasteiger partial charge >= 0.3 is 0 Å². The van der Waals surface area contributed by atoms with Gasteiger partial charge in [-0.3, -0.25) is 0 Å². The van der Waals surface area contributed by atoms with Crippen molar-refractivity contribution >= 4 is 46.0 Å². The highest BCUT2D eigenvalue weighted by molar-refractivity contribution is 7.80. The third-order valence-electron chi connectivity index (χ3n) is 7.23. The molecule has 3 rings (SSSR count). The highest BCUT2D eigenvalue weighted by atomic mass is 32.1. The van der Waals surface area contributed by atoms with Crippen LogP contribution in [0.5, 0.6) is 11.5 Å². The second-order valence-corrected chi connectivity index (χ2v) is 12.2. The Morgan fingerprint density at radius 2 is 1.13 bits per heavy atom. The highest BCUT2D eigenvalue weighted by Gasteiger charge is 2.38. The molecular formula is C31H46N4OS2. The molecule has 0 saturated carbocycles. The molecule has 2 aromatic rings. The largest absolute Gasteiger partial charge is 0.452 e. The molecule has 0 spiro atoms. The topological polar surface area (TPSA) is 57.4 Å². The van der Waals surface area contributed by atoms with Crippen molar-refractivity contribution in [1.82, 2.24) is 10.6 Å². The lowest BCUT2D eigenvalue weighted by molar-refractivity contribution is 0.421. The van der Waals surface area contributed by atoms with Crippen LogP contribution in [-0.4, -0.2) is 23.3 Å². The fraction of sp³-hybridized carbons (Fsp3) is 0.548. The Hall–Kier alpha value is -2.38. The Morgan fingerprint density at radius 3 is 1.47 bits per heavy atom. The zero-order chi connectivity index (χ0) is 28.0. The normalized spacial score (nSPS) is 13.4. The minimum Gasteiger partial charge on any atom is -0.452 e. The number of hydrogen-bond donors (Lipinski definition) is 4. The Morgan fingerprint density at radius 1 is 0.737 bits per heavy atom. The summed E-state index contributed by atoms with van der Waals surface area (Å²) < 4.78 is 6.80. The molecule has 0 fully saturated rings. The summed E-state index contributed by atoms with van der Waals surface area (Å²) >= 11 is 11.3. The van der Waals surface area contributed by atoms with Crippen molar-refractivity contribution in [2.75, 3.05) is 23.7 Å². The fourth-order valence-electron chi connectivity index (χ4n) is 4.64. The molecule has 7 heteroatoms. The number of unbranched alkanes of at least 4 members (excludes halogenated alkanes) is 2. The molecule has 0 aliphatic carbocycles. The predicted molar refractivity (Wildman–Crippen MR) is 172 cm³/mol. The molecule has 0 bridgehead atoms. The Labute approximate surface area is 240 Å². The minimum atomic E-state index is -0.292. The van der Waals surface area contributed by atoms with Gasteiger partial charge < -0.3 is 26.0 Å². The Bertz CT molecular complexity index is 1070. The Kier molecular flexibility index (Phi) is 10.4. The van der Waals surface area contributed by atoms with Gasteiger partial charge in [0.1, 0.15) is 0 Å². The molecule has 1 aliphatic rings. The zero-order valence-electron chi connectivity index (χ0n) is 24.4. The van der Waals surface area contributed by atoms with E-state index in [1.807, 2.05) is 0 Å². The number of hydrogen-bond acceptors (Lipinski definition) is 3. The summed E-state index contributed by atoms with van der Waals surface area (Å²) in [5, 5.41) is 14.8. The second kappa shape index (κ2) is 13.1. The summed E-state index contributed by atoms with van der Waals surface area (Å²) in [6.45, 7) is 19.5. The molecule has 208 valence electrons. The van der Waals surface area contributed by atoms with Gasteiger partial charge in [-0.15, -0.1) is 0 Å². The van der Waals surface area contributed by atoms with Crippen molar-refractivity contribution in [3.63, 3.8) is 0 Å². The van der Waals surface area contributed by atoms with E-state index >= 15 is 0 Å². The van der Waals surface area contributed by atoms with E-state index in [0.717, 1.165) is 72.8 Å². The number of nitrogens with one attached hydrogen (secondary N) is 4. The van der Waals surface area contributed by atoms with Gasteiger partial charge in [-0.25, -0.2) is 0 Å². The van der Waals surface area contributed by atoms with Crippen LogP contribution in [0.2, 0.25) is 0 Å². The average molecular weight is 555 g/mol. The summed E-state index contributed by atoms with van der Waals surface area (Å²) in [5.41, 5.74) is 6.31. The first-order valence-electron chi connectivity index (χ1n) is 14.1. The first kappa shape index (κ1) is 30.2. The maximum absolute atomic E-state index is 6.80. The Balaban J connectivity index is 2.10. The standard InChI is InChI=1S/C31H46N4OS2/c1-9-11-13-32-29(37)34-25-17-21(19(3)4)15-23-27(25)36-28-24(31(23,7)8)16-22(20(5)6)18-26(28)35-30(38)33-14-12-10-2/h15-20H,9-14H2,1-8H3,(H2,32,34,37)(H2,33,35,38). The van der Waals surface area contributed by atoms with Crippen LogP contribution >= 0.6 is 24.4 Å². The number of benzene rings is 2. The molecule has 1 aliphatic heterocycles. The summed E-state index contributed by atoms with van der Waals surface area (Å²) in [6, 6.07) is 8.94. The van der Waals surface area contributed by atoms with Gasteiger partial charge in [0, 0.05) is 29.6 Å². The first-order chi connectivity index (χ1) is 18.0. The van der Waals surface area contributed by atoms with Crippen LogP contribution in [0.25, 0.3) is 0 Å². The van der Waals surface area contributed by atoms with Crippen molar-refractivity contribution in [2.45, 2.75) is 98.3 Å². The number of thiocarbonyl (C=S) groups is 2. The fourth-order valence-corrected chi connectivity index (χ4v) is 5.06. The molecule has 0 radical (unpaired) electrons. The van der Waals surface area contributed by atoms with Crippen molar-refractivity contribution in [1.29, 1.82) is 0 Å². The van der Waals surface area contributed by atoms with E-state index < -0.39 is 0 Å². The van der Waals surface area contributed by atoms with E-state index in [0.29, 0.717) is 22.1 Å². The first-order valence-corrected chi connectivity index (χ1v) is 15.0. The van der Waals surface area contributed by atoms with Gasteiger partial charge in [-0.05, 0) is 72.4 Å². The summed E-state index contributed by atoms with van der Waals surface area (Å²) in [6.07, 6.45) is 4.38. The highest BCUT2D eigenvalue weighted by Crippen LogP contribution is 2.54. The third-order valence-corrected chi connectivity index (χ3v) is 7.73. The van der Waals surface area contributed by atoms with E-state index in [2.05, 4.69) is 101 Å². The van der Waals surface area contributed by atoms with Crippen LogP contribution in [0.3, 0.4) is 0 Å². The van der Waals surface area contributed by atoms with Crippen LogP contribution in [0.15, 0.2) is 24.3 Å². The SMILES string of the molecule is CCCCNC(=S)Nc1cc(C(C)C)cc2c1Oc1c(NC(=S)NCCCC)cc(C(C)C)cc1C2(C)C. The summed E-state index contributed by atoms with van der Waals surface area (Å²) in [7, 11) is 0. The van der Waals surface area contributed by atoms with Crippen LogP contribution in [0.4, 0.5) is 11.4 Å². The van der Waals surface area contributed by atoms with Gasteiger partial charge in [0.15, 0.2) is 21.7 Å². The summed E-state index contributed by atoms with van der Waals surface area (Å²) in [4.78, 5) is 0. The molecule has 5 nitrogen and oxygen atoms in total. The van der Waals surface area contributed by atoms with Crippen LogP contribution in [0.1, 0.15) is 115 Å². The third kappa shape index (κ3) is 6.97. The van der Waals surface area contributed by atoms with Gasteiger partial charge in [0.2, 0.25) is 0 Å². The lowest BCUT2D eigenvalue weighted by Crippen LogP contribution is -2.32. The van der Waals surface area contributed by atoms with E-state index in [1.54, 1.807) is 0 Å². The van der Waals surface area contributed by atoms with Crippen LogP contribution in [-0.2, 0) is 5.41 Å². The quantitative estimate of drug-likeness (QED) is 0.173. The molecule has 2 aromatic carbocycles. The molecule has 0 amide bonds. The zero-order valence-corrected chi connectivity index (χ0v) is 26.1. The number of ether oxygens (including phenoxy) is 1. The van der Waals surface area contributed by atoms with Crippen molar-refractivity contribution in [2.24, 2.45) is 0 Å². The minimum absolute atomic E-state index is 0.292. The number of fused-ring (bicyclic) bond motifs is 2. The second-order valence-electron chi connectivity index (χ2n) is 11.4. The maximum atomic E-state index is 6.80. The lowest BCUT2D eigenvalue weighted by Gasteiger charge is -2.38. The average Bonchev–Trinajstić information content (AvgIpc) is 2.85. The van der Waals surface area contributed by atoms with Crippen molar-refractivity contribution in [3.05, 3.63) is 46.5 Å². The monoisotopic (exact) mass is 554 g/mol. The van der Waals surface area contributed by atoms with Crippen molar-refractivity contribution < 1.29 is 4.74 Å². The number of rotatable bonds is 10. The van der Waals surface area contributed by atoms with Gasteiger partial charge in [-0.2, -0.15) is 0 Å². The smallest absolute Gasteiger partial charge is 0.170 e. The molecule has 0 atom stereocenters. The van der Waals surface area contributed by atoms with Gasteiger partial charge in [-0.1, -0.05) is 80.4 Å². The van der Waals surface area contributed by atoms with Crippen LogP contribution in [0, 0.1) is 0 Å². The van der Waals surface area contributed by atoms with E-state index in [1.165, 1.54) is 11.1 Å². The van der Waals surface area contributed by atoms with Gasteiger partial charge in [0.05, 0.1) is 11.4 Å². The molecule has 0 aromatic heterocycles. The summed E-state index contributed by atoms with van der Waals surface area (Å²) in [5.74, 6) is 2.37. The van der Waals surface area contributed by atoms with E-state index in [4.69, 9.17) is 29.2 Å². The van der Waals surface area contributed by atoms with Gasteiger partial charge in [0.25, 0.3) is 0 Å². The van der Waals surface area contributed by atoms with Crippen molar-refractivity contribution in [3.8, 4) is 11.5 Å². The molecule has 38 heavy (non-hydrogen) atoms. The molecule has 4 N–H and O–H groups in total. The number of anilines is 2. The molecule has 0 saturated heterocycles. The lowest BCUT2D eigenvalue weighted by atomic mass is 9.73. The molecule has 1 heterocycles. The van der Waals surface area contributed by atoms with E-state index in [-0.39, 0.29) is 5.41 Å². The van der Waals surface area contributed by atoms with Crippen LogP contribution < -0.4 is 26.0 Å².